The Labute approximate surface area is 161 Å². The number of ether oxygens (including phenoxy) is 2. The Morgan fingerprint density at radius 2 is 1.85 bits per heavy atom. The number of benzene rings is 1. The number of hydrogen-bond donors (Lipinski definition) is 2. The number of ketones is 1. The van der Waals surface area contributed by atoms with Gasteiger partial charge in [0.05, 0.1) is 17.5 Å². The highest BCUT2D eigenvalue weighted by Gasteiger charge is 2.43. The number of esters is 1. The summed E-state index contributed by atoms with van der Waals surface area (Å²) in [5, 5.41) is 0. The second-order valence-electron chi connectivity index (χ2n) is 6.46. The summed E-state index contributed by atoms with van der Waals surface area (Å²) in [6.07, 6.45) is 1.17. The number of fused-ring (bicyclic) bond motifs is 1. The molecule has 3 amide bonds. The molecule has 1 spiro atoms. The number of nitrogens with two attached hydrogens (primary N) is 2. The summed E-state index contributed by atoms with van der Waals surface area (Å²) < 4.78 is 10.8. The minimum Gasteiger partial charge on any atom is -0.486 e. The number of halogens is 1. The molecule has 9 nitrogen and oxygen atoms in total. The zero-order valence-corrected chi connectivity index (χ0v) is 15.3. The molecule has 0 saturated carbocycles. The standard InChI is InChI=1S/C17H19N3O6.ClH/c18-14(22)9-25-15(23)10-1-2-13-11(7-10)12(21)8-17(26-13)3-5-20(6-4-17)16(19)24;/h1-2,7H,3-6,8-9H2,(H2,18,22)(H2,19,24);1H. The molecule has 0 aliphatic carbocycles. The number of rotatable bonds is 3. The quantitative estimate of drug-likeness (QED) is 0.716. The first-order valence-electron chi connectivity index (χ1n) is 8.16. The van der Waals surface area contributed by atoms with E-state index in [1.807, 2.05) is 0 Å². The van der Waals surface area contributed by atoms with Crippen LogP contribution in [0, 0.1) is 0 Å². The van der Waals surface area contributed by atoms with E-state index in [2.05, 4.69) is 0 Å². The highest BCUT2D eigenvalue weighted by molar-refractivity contribution is 6.03. The van der Waals surface area contributed by atoms with E-state index in [0.29, 0.717) is 37.2 Å². The van der Waals surface area contributed by atoms with Crippen molar-refractivity contribution in [2.75, 3.05) is 19.7 Å². The summed E-state index contributed by atoms with van der Waals surface area (Å²) in [4.78, 5) is 48.0. The van der Waals surface area contributed by atoms with Crippen LogP contribution in [0.25, 0.3) is 0 Å². The fourth-order valence-electron chi connectivity index (χ4n) is 3.25. The first-order chi connectivity index (χ1) is 12.3. The predicted molar refractivity (Wildman–Crippen MR) is 95.9 cm³/mol. The molecular formula is C17H20ClN3O6. The van der Waals surface area contributed by atoms with E-state index >= 15 is 0 Å². The SMILES string of the molecule is Cl.NC(=O)COC(=O)c1ccc2c(c1)C(=O)CC1(CCN(C(N)=O)CC1)O2. The van der Waals surface area contributed by atoms with E-state index in [9.17, 15) is 19.2 Å². The monoisotopic (exact) mass is 397 g/mol. The van der Waals surface area contributed by atoms with Crippen molar-refractivity contribution >= 4 is 36.1 Å². The molecule has 0 bridgehead atoms. The molecule has 2 aliphatic heterocycles. The lowest BCUT2D eigenvalue weighted by molar-refractivity contribution is -0.121. The number of nitrogens with zero attached hydrogens (tertiary/aromatic N) is 1. The van der Waals surface area contributed by atoms with Crippen molar-refractivity contribution < 1.29 is 28.7 Å². The van der Waals surface area contributed by atoms with Crippen LogP contribution in [0.4, 0.5) is 4.79 Å². The molecule has 10 heteroatoms. The first-order valence-corrected chi connectivity index (χ1v) is 8.16. The Morgan fingerprint density at radius 1 is 1.19 bits per heavy atom. The third kappa shape index (κ3) is 4.30. The number of amides is 3. The highest BCUT2D eigenvalue weighted by Crippen LogP contribution is 2.39. The normalized spacial score (nSPS) is 17.3. The van der Waals surface area contributed by atoms with Gasteiger partial charge >= 0.3 is 12.0 Å². The largest absolute Gasteiger partial charge is 0.486 e. The van der Waals surface area contributed by atoms with Gasteiger partial charge in [0.15, 0.2) is 12.4 Å². The summed E-state index contributed by atoms with van der Waals surface area (Å²) >= 11 is 0. The Kier molecular flexibility index (Phi) is 5.94. The first kappa shape index (κ1) is 20.5. The summed E-state index contributed by atoms with van der Waals surface area (Å²) in [5.41, 5.74) is 9.99. The Bertz CT molecular complexity index is 789. The van der Waals surface area contributed by atoms with Gasteiger partial charge in [-0.15, -0.1) is 12.4 Å². The second-order valence-corrected chi connectivity index (χ2v) is 6.46. The van der Waals surface area contributed by atoms with Crippen LogP contribution >= 0.6 is 12.4 Å². The number of urea groups is 1. The molecule has 4 N–H and O–H groups in total. The minimum atomic E-state index is -0.764. The van der Waals surface area contributed by atoms with Crippen LogP contribution in [0.15, 0.2) is 18.2 Å². The van der Waals surface area contributed by atoms with Crippen LogP contribution in [-0.4, -0.2) is 53.9 Å². The summed E-state index contributed by atoms with van der Waals surface area (Å²) in [5.74, 6) is -1.27. The number of piperidine rings is 1. The molecule has 3 rings (SSSR count). The van der Waals surface area contributed by atoms with Gasteiger partial charge in [-0.2, -0.15) is 0 Å². The molecule has 1 aromatic carbocycles. The van der Waals surface area contributed by atoms with E-state index in [1.54, 1.807) is 0 Å². The molecule has 146 valence electrons. The third-order valence-electron chi connectivity index (χ3n) is 4.66. The van der Waals surface area contributed by atoms with Crippen molar-refractivity contribution in [2.45, 2.75) is 24.9 Å². The summed E-state index contributed by atoms with van der Waals surface area (Å²) in [6, 6.07) is 3.91. The molecule has 2 heterocycles. The van der Waals surface area contributed by atoms with E-state index in [0.717, 1.165) is 0 Å². The average Bonchev–Trinajstić information content (AvgIpc) is 2.59. The summed E-state index contributed by atoms with van der Waals surface area (Å²) in [6.45, 7) is 0.324. The zero-order chi connectivity index (χ0) is 18.9. The molecule has 1 saturated heterocycles. The van der Waals surface area contributed by atoms with Gasteiger partial charge in [0, 0.05) is 25.9 Å². The van der Waals surface area contributed by atoms with Crippen molar-refractivity contribution in [3.8, 4) is 5.75 Å². The fraction of sp³-hybridized carbons (Fsp3) is 0.412. The lowest BCUT2D eigenvalue weighted by Crippen LogP contribution is -2.53. The lowest BCUT2D eigenvalue weighted by Gasteiger charge is -2.43. The molecule has 0 unspecified atom stereocenters. The molecule has 0 atom stereocenters. The van der Waals surface area contributed by atoms with E-state index in [4.69, 9.17) is 20.9 Å². The van der Waals surface area contributed by atoms with Crippen molar-refractivity contribution in [3.05, 3.63) is 29.3 Å². The van der Waals surface area contributed by atoms with Crippen molar-refractivity contribution in [1.29, 1.82) is 0 Å². The molecule has 1 aromatic rings. The second kappa shape index (κ2) is 7.83. The molecule has 1 fully saturated rings. The van der Waals surface area contributed by atoms with E-state index in [-0.39, 0.29) is 30.2 Å². The lowest BCUT2D eigenvalue weighted by atomic mass is 9.82. The number of Topliss-reactive ketones (excluding diaryl/α,β-unsaturated/α-hetero) is 1. The van der Waals surface area contributed by atoms with Gasteiger partial charge in [-0.1, -0.05) is 0 Å². The molecule has 2 aliphatic rings. The van der Waals surface area contributed by atoms with Crippen molar-refractivity contribution in [3.63, 3.8) is 0 Å². The van der Waals surface area contributed by atoms with Crippen molar-refractivity contribution in [2.24, 2.45) is 11.5 Å². The fourth-order valence-corrected chi connectivity index (χ4v) is 3.25. The molecule has 0 radical (unpaired) electrons. The Morgan fingerprint density at radius 3 is 2.44 bits per heavy atom. The number of primary amides is 2. The molecule has 0 aromatic heterocycles. The predicted octanol–water partition coefficient (Wildman–Crippen LogP) is 0.629. The van der Waals surface area contributed by atoms with Crippen LogP contribution in [-0.2, 0) is 9.53 Å². The maximum absolute atomic E-state index is 12.6. The number of hydrogen-bond acceptors (Lipinski definition) is 6. The van der Waals surface area contributed by atoms with Crippen molar-refractivity contribution in [1.82, 2.24) is 4.90 Å². The minimum absolute atomic E-state index is 0. The number of carbonyl (C=O) groups excluding carboxylic acids is 4. The smallest absolute Gasteiger partial charge is 0.338 e. The van der Waals surface area contributed by atoms with Crippen LogP contribution in [0.2, 0.25) is 0 Å². The van der Waals surface area contributed by atoms with E-state index in [1.165, 1.54) is 23.1 Å². The van der Waals surface area contributed by atoms with E-state index < -0.39 is 30.1 Å². The Balaban J connectivity index is 0.00000261. The summed E-state index contributed by atoms with van der Waals surface area (Å²) in [7, 11) is 0. The van der Waals surface area contributed by atoms with Gasteiger partial charge in [0.25, 0.3) is 5.91 Å². The maximum Gasteiger partial charge on any atom is 0.338 e. The Hall–Kier alpha value is -2.81. The van der Waals surface area contributed by atoms with Crippen LogP contribution in [0.3, 0.4) is 0 Å². The number of likely N-dealkylation sites (tertiary alicyclic amines) is 1. The average molecular weight is 398 g/mol. The zero-order valence-electron chi connectivity index (χ0n) is 14.4. The topological polar surface area (TPSA) is 142 Å². The van der Waals surface area contributed by atoms with Crippen LogP contribution < -0.4 is 16.2 Å². The maximum atomic E-state index is 12.6. The van der Waals surface area contributed by atoms with Gasteiger partial charge in [-0.3, -0.25) is 9.59 Å². The third-order valence-corrected chi connectivity index (χ3v) is 4.66. The molecular weight excluding hydrogens is 378 g/mol. The molecule has 27 heavy (non-hydrogen) atoms. The van der Waals surface area contributed by atoms with Gasteiger partial charge in [0.1, 0.15) is 11.4 Å². The van der Waals surface area contributed by atoms with Crippen LogP contribution in [0.5, 0.6) is 5.75 Å². The number of carbonyl (C=O) groups is 4. The van der Waals surface area contributed by atoms with Gasteiger partial charge < -0.3 is 25.8 Å². The van der Waals surface area contributed by atoms with Gasteiger partial charge in [-0.25, -0.2) is 9.59 Å². The van der Waals surface area contributed by atoms with Gasteiger partial charge in [0.2, 0.25) is 0 Å². The van der Waals surface area contributed by atoms with Crippen LogP contribution in [0.1, 0.15) is 40.0 Å². The van der Waals surface area contributed by atoms with Gasteiger partial charge in [-0.05, 0) is 18.2 Å². The highest BCUT2D eigenvalue weighted by atomic mass is 35.5.